The Bertz CT molecular complexity index is 503. The molecule has 0 bridgehead atoms. The smallest absolute Gasteiger partial charge is 0.412 e. The first-order chi connectivity index (χ1) is 9.08. The van der Waals surface area contributed by atoms with E-state index in [2.05, 4.69) is 26.0 Å². The molecule has 1 rings (SSSR count). The van der Waals surface area contributed by atoms with Crippen LogP contribution >= 0.6 is 15.9 Å². The van der Waals surface area contributed by atoms with Crippen LogP contribution in [0.2, 0.25) is 0 Å². The van der Waals surface area contributed by atoms with Crippen LogP contribution in [0.3, 0.4) is 0 Å². The van der Waals surface area contributed by atoms with Crippen LogP contribution in [0, 0.1) is 5.82 Å². The van der Waals surface area contributed by atoms with Crippen LogP contribution in [0.5, 0.6) is 5.75 Å². The van der Waals surface area contributed by atoms with E-state index in [4.69, 9.17) is 4.74 Å². The highest BCUT2D eigenvalue weighted by atomic mass is 79.9. The molecule has 4 nitrogen and oxygen atoms in total. The highest BCUT2D eigenvalue weighted by molar-refractivity contribution is 9.10. The zero-order valence-electron chi connectivity index (χ0n) is 11.0. The van der Waals surface area contributed by atoms with Gasteiger partial charge in [0.1, 0.15) is 11.4 Å². The summed E-state index contributed by atoms with van der Waals surface area (Å²) in [6.07, 6.45) is -0.904. The molecule has 1 aromatic rings. The number of carbonyl (C=O) groups excluding carboxylic acids is 1. The molecule has 112 valence electrons. The number of hydrogen-bond acceptors (Lipinski definition) is 3. The number of benzene rings is 1. The lowest BCUT2D eigenvalue weighted by Gasteiger charge is -2.20. The molecule has 1 amide bonds. The molecule has 1 aromatic carbocycles. The van der Waals surface area contributed by atoms with Crippen molar-refractivity contribution in [3.8, 4) is 5.75 Å². The van der Waals surface area contributed by atoms with Gasteiger partial charge in [0.15, 0.2) is 5.75 Å². The molecule has 0 spiro atoms. The maximum atomic E-state index is 13.4. The minimum Gasteiger partial charge on any atom is -0.444 e. The monoisotopic (exact) mass is 355 g/mol. The van der Waals surface area contributed by atoms with Crippen LogP contribution < -0.4 is 10.1 Å². The van der Waals surface area contributed by atoms with Crippen LogP contribution in [0.25, 0.3) is 0 Å². The van der Waals surface area contributed by atoms with E-state index in [-0.39, 0.29) is 15.9 Å². The maximum Gasteiger partial charge on any atom is 0.412 e. The Morgan fingerprint density at radius 1 is 1.35 bits per heavy atom. The molecule has 0 heterocycles. The van der Waals surface area contributed by atoms with E-state index in [1.54, 1.807) is 20.8 Å². The van der Waals surface area contributed by atoms with Crippen LogP contribution in [0.15, 0.2) is 16.6 Å². The second-order valence-corrected chi connectivity index (χ2v) is 5.62. The van der Waals surface area contributed by atoms with Gasteiger partial charge in [-0.1, -0.05) is 0 Å². The quantitative estimate of drug-likeness (QED) is 0.865. The van der Waals surface area contributed by atoms with Crippen molar-refractivity contribution >= 4 is 27.7 Å². The predicted octanol–water partition coefficient (Wildman–Crippen LogP) is 4.54. The highest BCUT2D eigenvalue weighted by Gasteiger charge is 2.20. The van der Waals surface area contributed by atoms with Crippen LogP contribution in [-0.2, 0) is 4.74 Å². The molecule has 0 unspecified atom stereocenters. The van der Waals surface area contributed by atoms with Gasteiger partial charge in [-0.05, 0) is 42.8 Å². The van der Waals surface area contributed by atoms with Gasteiger partial charge in [0.2, 0.25) is 0 Å². The lowest BCUT2D eigenvalue weighted by molar-refractivity contribution is -0.0495. The molecule has 0 fully saturated rings. The SMILES string of the molecule is CC(C)(C)OC(=O)Nc1cc(F)c(Br)cc1OC(F)F. The van der Waals surface area contributed by atoms with Gasteiger partial charge in [-0.25, -0.2) is 9.18 Å². The largest absolute Gasteiger partial charge is 0.444 e. The van der Waals surface area contributed by atoms with Crippen LogP contribution in [-0.4, -0.2) is 18.3 Å². The summed E-state index contributed by atoms with van der Waals surface area (Å²) >= 11 is 2.84. The number of anilines is 1. The first-order valence-corrected chi connectivity index (χ1v) is 6.31. The molecule has 0 aliphatic carbocycles. The summed E-state index contributed by atoms with van der Waals surface area (Å²) in [7, 11) is 0. The summed E-state index contributed by atoms with van der Waals surface area (Å²) in [5, 5.41) is 2.16. The molecule has 1 N–H and O–H groups in total. The van der Waals surface area contributed by atoms with Gasteiger partial charge in [0.25, 0.3) is 0 Å². The third-order valence-electron chi connectivity index (χ3n) is 1.87. The topological polar surface area (TPSA) is 47.6 Å². The van der Waals surface area contributed by atoms with Crippen molar-refractivity contribution in [1.82, 2.24) is 0 Å². The molecular weight excluding hydrogens is 343 g/mol. The Balaban J connectivity index is 2.98. The second kappa shape index (κ2) is 6.34. The Hall–Kier alpha value is -1.44. The Labute approximate surface area is 122 Å². The fraction of sp³-hybridized carbons (Fsp3) is 0.417. The van der Waals surface area contributed by atoms with E-state index in [0.717, 1.165) is 12.1 Å². The van der Waals surface area contributed by atoms with E-state index in [1.165, 1.54) is 0 Å². The summed E-state index contributed by atoms with van der Waals surface area (Å²) in [4.78, 5) is 11.6. The van der Waals surface area contributed by atoms with Gasteiger partial charge in [-0.2, -0.15) is 8.78 Å². The molecule has 0 aliphatic rings. The maximum absolute atomic E-state index is 13.4. The Morgan fingerprint density at radius 3 is 2.45 bits per heavy atom. The minimum atomic E-state index is -3.11. The van der Waals surface area contributed by atoms with E-state index < -0.39 is 24.1 Å². The van der Waals surface area contributed by atoms with Crippen molar-refractivity contribution < 1.29 is 27.4 Å². The van der Waals surface area contributed by atoms with Gasteiger partial charge < -0.3 is 9.47 Å². The number of nitrogens with one attached hydrogen (secondary N) is 1. The van der Waals surface area contributed by atoms with Crippen molar-refractivity contribution in [2.24, 2.45) is 0 Å². The fourth-order valence-electron chi connectivity index (χ4n) is 1.23. The molecule has 0 saturated heterocycles. The summed E-state index contributed by atoms with van der Waals surface area (Å²) in [6, 6.07) is 1.85. The number of ether oxygens (including phenoxy) is 2. The van der Waals surface area contributed by atoms with E-state index in [0.29, 0.717) is 0 Å². The van der Waals surface area contributed by atoms with Crippen LogP contribution in [0.4, 0.5) is 23.7 Å². The zero-order chi connectivity index (χ0) is 15.5. The van der Waals surface area contributed by atoms with Gasteiger partial charge in [0, 0.05) is 6.07 Å². The summed E-state index contributed by atoms with van der Waals surface area (Å²) in [5.74, 6) is -1.11. The standard InChI is InChI=1S/C12H13BrF3NO3/c1-12(2,3)20-11(18)17-8-5-7(14)6(13)4-9(8)19-10(15)16/h4-5,10H,1-3H3,(H,17,18). The average molecular weight is 356 g/mol. The van der Waals surface area contributed by atoms with Crippen LogP contribution in [0.1, 0.15) is 20.8 Å². The summed E-state index contributed by atoms with van der Waals surface area (Å²) < 4.78 is 47.0. The van der Waals surface area contributed by atoms with E-state index >= 15 is 0 Å². The molecule has 0 atom stereocenters. The van der Waals surface area contributed by atoms with E-state index in [1.807, 2.05) is 0 Å². The van der Waals surface area contributed by atoms with Crippen molar-refractivity contribution in [3.05, 3.63) is 22.4 Å². The van der Waals surface area contributed by atoms with Crippen molar-refractivity contribution in [3.63, 3.8) is 0 Å². The first kappa shape index (κ1) is 16.6. The van der Waals surface area contributed by atoms with Gasteiger partial charge >= 0.3 is 12.7 Å². The van der Waals surface area contributed by atoms with Crippen molar-refractivity contribution in [2.45, 2.75) is 33.0 Å². The Morgan fingerprint density at radius 2 is 1.95 bits per heavy atom. The number of carbonyl (C=O) groups is 1. The van der Waals surface area contributed by atoms with Crippen molar-refractivity contribution in [1.29, 1.82) is 0 Å². The zero-order valence-corrected chi connectivity index (χ0v) is 12.6. The Kier molecular flexibility index (Phi) is 5.27. The normalized spacial score (nSPS) is 11.4. The number of amides is 1. The fourth-order valence-corrected chi connectivity index (χ4v) is 1.56. The molecule has 0 saturated carbocycles. The van der Waals surface area contributed by atoms with Gasteiger partial charge in [-0.3, -0.25) is 5.32 Å². The molecule has 0 aliphatic heterocycles. The number of hydrogen-bond donors (Lipinski definition) is 1. The number of alkyl halides is 2. The van der Waals surface area contributed by atoms with E-state index in [9.17, 15) is 18.0 Å². The molecule has 8 heteroatoms. The van der Waals surface area contributed by atoms with Gasteiger partial charge in [0.05, 0.1) is 10.2 Å². The number of halogens is 4. The second-order valence-electron chi connectivity index (χ2n) is 4.77. The first-order valence-electron chi connectivity index (χ1n) is 5.52. The van der Waals surface area contributed by atoms with Gasteiger partial charge in [-0.15, -0.1) is 0 Å². The van der Waals surface area contributed by atoms with Crippen molar-refractivity contribution in [2.75, 3.05) is 5.32 Å². The lowest BCUT2D eigenvalue weighted by atomic mass is 10.2. The average Bonchev–Trinajstić information content (AvgIpc) is 2.21. The highest BCUT2D eigenvalue weighted by Crippen LogP contribution is 2.32. The lowest BCUT2D eigenvalue weighted by Crippen LogP contribution is -2.27. The predicted molar refractivity (Wildman–Crippen MR) is 70.6 cm³/mol. The summed E-state index contributed by atoms with van der Waals surface area (Å²) in [5.41, 5.74) is -1.03. The molecule has 0 aromatic heterocycles. The minimum absolute atomic E-state index is 0.0668. The summed E-state index contributed by atoms with van der Waals surface area (Å²) in [6.45, 7) is 1.79. The third kappa shape index (κ3) is 5.28. The molecule has 20 heavy (non-hydrogen) atoms. The molecule has 0 radical (unpaired) electrons. The third-order valence-corrected chi connectivity index (χ3v) is 2.48. The number of rotatable bonds is 3. The molecular formula is C12H13BrF3NO3.